The maximum Gasteiger partial charge on any atom is 0.321 e. The maximum atomic E-state index is 12.5. The molecule has 2 aromatic rings. The minimum Gasteiger partial charge on any atom is -0.468 e. The van der Waals surface area contributed by atoms with Gasteiger partial charge in [0.05, 0.1) is 19.4 Å². The van der Waals surface area contributed by atoms with E-state index in [0.29, 0.717) is 0 Å². The minimum absolute atomic E-state index is 0.200. The Balaban J connectivity index is 2.67. The van der Waals surface area contributed by atoms with Crippen LogP contribution in [-0.2, 0) is 14.9 Å². The second kappa shape index (κ2) is 6.00. The molecule has 1 unspecified atom stereocenters. The Morgan fingerprint density at radius 1 is 1.30 bits per heavy atom. The number of aromatic nitrogens is 3. The van der Waals surface area contributed by atoms with Crippen LogP contribution >= 0.6 is 0 Å². The lowest BCUT2D eigenvalue weighted by atomic mass is 9.65. The van der Waals surface area contributed by atoms with Gasteiger partial charge in [-0.2, -0.15) is 4.68 Å². The molecule has 7 heteroatoms. The second-order valence-electron chi connectivity index (χ2n) is 6.38. The van der Waals surface area contributed by atoms with E-state index in [2.05, 4.69) is 10.3 Å². The predicted octanol–water partition coefficient (Wildman–Crippen LogP) is 1.30. The van der Waals surface area contributed by atoms with Crippen LogP contribution in [0.5, 0.6) is 0 Å². The van der Waals surface area contributed by atoms with Crippen LogP contribution in [0.1, 0.15) is 26.5 Å². The predicted molar refractivity (Wildman–Crippen MR) is 86.0 cm³/mol. The van der Waals surface area contributed by atoms with Crippen molar-refractivity contribution in [3.63, 3.8) is 0 Å². The van der Waals surface area contributed by atoms with Crippen LogP contribution in [0, 0.1) is 5.41 Å². The fourth-order valence-corrected chi connectivity index (χ4v) is 2.66. The number of methoxy groups -OCH3 is 1. The van der Waals surface area contributed by atoms with E-state index in [0.717, 1.165) is 5.69 Å². The van der Waals surface area contributed by atoms with Gasteiger partial charge in [0, 0.05) is 0 Å². The number of nitrogens with zero attached hydrogens (tertiary/aromatic N) is 3. The van der Waals surface area contributed by atoms with Crippen molar-refractivity contribution in [2.75, 3.05) is 19.5 Å². The number of aliphatic hydroxyl groups excluding tert-OH is 1. The van der Waals surface area contributed by atoms with Crippen molar-refractivity contribution in [2.45, 2.75) is 26.2 Å². The normalized spacial score (nSPS) is 14.3. The maximum absolute atomic E-state index is 12.5. The Bertz CT molecular complexity index is 691. The molecule has 23 heavy (non-hydrogen) atoms. The summed E-state index contributed by atoms with van der Waals surface area (Å²) < 4.78 is 6.36. The molecule has 0 saturated carbocycles. The third-order valence-electron chi connectivity index (χ3n) is 4.16. The number of anilines is 1. The van der Waals surface area contributed by atoms with Gasteiger partial charge >= 0.3 is 5.97 Å². The number of benzene rings is 1. The molecule has 0 aliphatic rings. The van der Waals surface area contributed by atoms with E-state index in [1.807, 2.05) is 51.1 Å². The number of hydrogen-bond acceptors (Lipinski definition) is 6. The summed E-state index contributed by atoms with van der Waals surface area (Å²) in [6, 6.07) is 9.22. The van der Waals surface area contributed by atoms with Gasteiger partial charge in [-0.1, -0.05) is 44.2 Å². The van der Waals surface area contributed by atoms with E-state index in [1.165, 1.54) is 11.8 Å². The highest BCUT2D eigenvalue weighted by molar-refractivity contribution is 5.85. The molecule has 1 heterocycles. The number of hydrogen-bond donors (Lipinski definition) is 2. The zero-order valence-electron chi connectivity index (χ0n) is 13.8. The number of para-hydroxylation sites is 1. The van der Waals surface area contributed by atoms with Gasteiger partial charge in [0.1, 0.15) is 11.1 Å². The number of esters is 1. The average Bonchev–Trinajstić information content (AvgIpc) is 2.90. The quantitative estimate of drug-likeness (QED) is 0.824. The van der Waals surface area contributed by atoms with Crippen molar-refractivity contribution in [1.29, 1.82) is 0 Å². The molecule has 2 rings (SSSR count). The van der Waals surface area contributed by atoms with Gasteiger partial charge in [0.15, 0.2) is 5.82 Å². The van der Waals surface area contributed by atoms with Gasteiger partial charge in [-0.25, -0.2) is 0 Å². The largest absolute Gasteiger partial charge is 0.468 e. The number of ether oxygens (including phenoxy) is 1. The lowest BCUT2D eigenvalue weighted by Crippen LogP contribution is -2.51. The number of rotatable bonds is 4. The lowest BCUT2D eigenvalue weighted by Gasteiger charge is -2.39. The topological polar surface area (TPSA) is 103 Å². The van der Waals surface area contributed by atoms with Gasteiger partial charge in [-0.05, 0) is 17.5 Å². The molecule has 0 bridgehead atoms. The number of nitrogens with two attached hydrogens (primary N) is 1. The summed E-state index contributed by atoms with van der Waals surface area (Å²) in [6.07, 6.45) is 0. The third-order valence-corrected chi connectivity index (χ3v) is 4.16. The highest BCUT2D eigenvalue weighted by Gasteiger charge is 2.54. The molecule has 0 spiro atoms. The van der Waals surface area contributed by atoms with Crippen LogP contribution in [0.3, 0.4) is 0 Å². The monoisotopic (exact) mass is 318 g/mol. The molecule has 1 aromatic carbocycles. The number of carbonyl (C=O) groups is 1. The minimum atomic E-state index is -1.40. The van der Waals surface area contributed by atoms with Gasteiger partial charge in [-0.15, -0.1) is 5.10 Å². The highest BCUT2D eigenvalue weighted by Crippen LogP contribution is 2.43. The zero-order chi connectivity index (χ0) is 17.3. The van der Waals surface area contributed by atoms with Crippen LogP contribution in [-0.4, -0.2) is 39.8 Å². The Morgan fingerprint density at radius 3 is 2.39 bits per heavy atom. The molecular weight excluding hydrogens is 296 g/mol. The van der Waals surface area contributed by atoms with E-state index >= 15 is 0 Å². The Labute approximate surface area is 135 Å². The molecule has 1 atom stereocenters. The number of nitrogen functional groups attached to an aromatic ring is 1. The first-order valence-electron chi connectivity index (χ1n) is 7.26. The first kappa shape index (κ1) is 17.0. The molecule has 0 aliphatic heterocycles. The molecule has 0 radical (unpaired) electrons. The fourth-order valence-electron chi connectivity index (χ4n) is 2.66. The Morgan fingerprint density at radius 2 is 1.91 bits per heavy atom. The summed E-state index contributed by atoms with van der Waals surface area (Å²) in [6.45, 7) is 4.98. The molecule has 124 valence electrons. The van der Waals surface area contributed by atoms with Crippen molar-refractivity contribution in [3.05, 3.63) is 36.0 Å². The van der Waals surface area contributed by atoms with Crippen LogP contribution in [0.2, 0.25) is 0 Å². The Hall–Kier alpha value is -2.41. The summed E-state index contributed by atoms with van der Waals surface area (Å²) in [4.78, 5) is 12.5. The van der Waals surface area contributed by atoms with Gasteiger partial charge in [0.2, 0.25) is 0 Å². The van der Waals surface area contributed by atoms with Gasteiger partial charge in [-0.3, -0.25) is 4.79 Å². The van der Waals surface area contributed by atoms with Crippen LogP contribution in [0.25, 0.3) is 5.69 Å². The van der Waals surface area contributed by atoms with E-state index in [-0.39, 0.29) is 11.5 Å². The van der Waals surface area contributed by atoms with Crippen LogP contribution in [0.15, 0.2) is 30.3 Å². The fraction of sp³-hybridized carbons (Fsp3) is 0.438. The average molecular weight is 318 g/mol. The third kappa shape index (κ3) is 2.57. The molecule has 0 amide bonds. The molecule has 3 N–H and O–H groups in total. The van der Waals surface area contributed by atoms with Gasteiger partial charge in [0.25, 0.3) is 0 Å². The molecule has 0 fully saturated rings. The van der Waals surface area contributed by atoms with Crippen molar-refractivity contribution < 1.29 is 14.6 Å². The standard InChI is InChI=1S/C16H22N4O3/c1-15(2,3)16(10-21,14(22)23-4)12-13(17)20(19-18-12)11-8-6-5-7-9-11/h5-9,21H,10,17H2,1-4H3. The Kier molecular flexibility index (Phi) is 4.42. The van der Waals surface area contributed by atoms with Crippen molar-refractivity contribution in [2.24, 2.45) is 5.41 Å². The summed E-state index contributed by atoms with van der Waals surface area (Å²) in [5.41, 5.74) is 5.05. The van der Waals surface area contributed by atoms with Crippen molar-refractivity contribution >= 4 is 11.8 Å². The highest BCUT2D eigenvalue weighted by atomic mass is 16.5. The van der Waals surface area contributed by atoms with Gasteiger partial charge < -0.3 is 15.6 Å². The smallest absolute Gasteiger partial charge is 0.321 e. The molecule has 7 nitrogen and oxygen atoms in total. The van der Waals surface area contributed by atoms with E-state index in [4.69, 9.17) is 10.5 Å². The number of carbonyl (C=O) groups excluding carboxylic acids is 1. The first-order chi connectivity index (χ1) is 10.8. The zero-order valence-corrected chi connectivity index (χ0v) is 13.8. The molecular formula is C16H22N4O3. The van der Waals surface area contributed by atoms with Crippen molar-refractivity contribution in [3.8, 4) is 5.69 Å². The second-order valence-corrected chi connectivity index (χ2v) is 6.38. The van der Waals surface area contributed by atoms with Crippen LogP contribution in [0.4, 0.5) is 5.82 Å². The van der Waals surface area contributed by atoms with E-state index in [1.54, 1.807) is 0 Å². The molecule has 0 aliphatic carbocycles. The van der Waals surface area contributed by atoms with Crippen LogP contribution < -0.4 is 5.73 Å². The summed E-state index contributed by atoms with van der Waals surface area (Å²) in [5, 5.41) is 18.2. The van der Waals surface area contributed by atoms with E-state index < -0.39 is 23.4 Å². The summed E-state index contributed by atoms with van der Waals surface area (Å²) >= 11 is 0. The lowest BCUT2D eigenvalue weighted by molar-refractivity contribution is -0.155. The first-order valence-corrected chi connectivity index (χ1v) is 7.26. The molecule has 0 saturated heterocycles. The summed E-state index contributed by atoms with van der Waals surface area (Å²) in [5.74, 6) is -0.398. The summed E-state index contributed by atoms with van der Waals surface area (Å²) in [7, 11) is 1.27. The van der Waals surface area contributed by atoms with E-state index in [9.17, 15) is 9.90 Å². The SMILES string of the molecule is COC(=O)C(CO)(c1nnn(-c2ccccc2)c1N)C(C)(C)C. The number of aliphatic hydroxyl groups is 1. The molecule has 1 aromatic heterocycles. The van der Waals surface area contributed by atoms with Crippen molar-refractivity contribution in [1.82, 2.24) is 15.0 Å².